The lowest BCUT2D eigenvalue weighted by Crippen LogP contribution is -2.33. The van der Waals surface area contributed by atoms with Gasteiger partial charge < -0.3 is 10.8 Å². The van der Waals surface area contributed by atoms with Crippen molar-refractivity contribution in [3.63, 3.8) is 0 Å². The number of carbonyl (C=O) groups is 2. The Morgan fingerprint density at radius 1 is 1.33 bits per heavy atom. The van der Waals surface area contributed by atoms with Crippen LogP contribution in [0.5, 0.6) is 0 Å². The summed E-state index contributed by atoms with van der Waals surface area (Å²) in [5.74, 6) is -1.44. The molecule has 0 saturated heterocycles. The summed E-state index contributed by atoms with van der Waals surface area (Å²) in [4.78, 5) is 21.7. The van der Waals surface area contributed by atoms with Gasteiger partial charge in [0.2, 0.25) is 0 Å². The minimum atomic E-state index is -1.07. The summed E-state index contributed by atoms with van der Waals surface area (Å²) in [6, 6.07) is 7.96. The highest BCUT2D eigenvalue weighted by molar-refractivity contribution is 5.96. The lowest BCUT2D eigenvalue weighted by Gasteiger charge is -2.06. The molecule has 0 amide bonds. The van der Waals surface area contributed by atoms with Gasteiger partial charge in [0.05, 0.1) is 18.9 Å². The first-order valence-corrected chi connectivity index (χ1v) is 4.50. The molecular weight excluding hydrogens is 194 g/mol. The molecule has 0 aliphatic heterocycles. The molecule has 1 aromatic rings. The first-order valence-electron chi connectivity index (χ1n) is 4.50. The summed E-state index contributed by atoms with van der Waals surface area (Å²) in [6.07, 6.45) is 1.01. The molecule has 0 saturated carbocycles. The van der Waals surface area contributed by atoms with E-state index < -0.39 is 12.0 Å². The monoisotopic (exact) mass is 206 g/mol. The summed E-state index contributed by atoms with van der Waals surface area (Å²) in [7, 11) is 0. The highest BCUT2D eigenvalue weighted by Gasteiger charge is 2.17. The van der Waals surface area contributed by atoms with E-state index in [0.29, 0.717) is 0 Å². The molecule has 4 nitrogen and oxygen atoms in total. The van der Waals surface area contributed by atoms with E-state index in [9.17, 15) is 9.59 Å². The van der Waals surface area contributed by atoms with E-state index in [-0.39, 0.29) is 12.2 Å². The van der Waals surface area contributed by atoms with Crippen LogP contribution in [-0.2, 0) is 9.59 Å². The van der Waals surface area contributed by atoms with Crippen LogP contribution in [0.15, 0.2) is 30.3 Å². The van der Waals surface area contributed by atoms with Crippen LogP contribution in [0.25, 0.3) is 0 Å². The van der Waals surface area contributed by atoms with Gasteiger partial charge in [-0.2, -0.15) is 0 Å². The molecule has 0 unspecified atom stereocenters. The summed E-state index contributed by atoms with van der Waals surface area (Å²) in [6.45, 7) is 0. The zero-order valence-corrected chi connectivity index (χ0v) is 8.09. The van der Waals surface area contributed by atoms with Crippen molar-refractivity contribution in [2.75, 3.05) is 0 Å². The number of ketones is 1. The molecule has 15 heavy (non-hydrogen) atoms. The molecule has 0 aromatic heterocycles. The fourth-order valence-electron chi connectivity index (χ4n) is 1.11. The molecular formula is C11H12NO3. The predicted octanol–water partition coefficient (Wildman–Crippen LogP) is 0.610. The second kappa shape index (κ2) is 5.26. The molecule has 1 aromatic carbocycles. The van der Waals surface area contributed by atoms with Gasteiger partial charge in [-0.25, -0.2) is 0 Å². The van der Waals surface area contributed by atoms with E-state index >= 15 is 0 Å². The number of hydrogen-bond donors (Lipinski definition) is 2. The summed E-state index contributed by atoms with van der Waals surface area (Å²) < 4.78 is 0. The smallest absolute Gasteiger partial charge is 0.305 e. The molecule has 79 valence electrons. The lowest BCUT2D eigenvalue weighted by molar-refractivity contribution is -0.138. The second-order valence-corrected chi connectivity index (χ2v) is 3.16. The number of nitrogens with two attached hydrogens (primary N) is 1. The number of benzene rings is 1. The molecule has 0 heterocycles. The van der Waals surface area contributed by atoms with Crippen LogP contribution in [-0.4, -0.2) is 22.9 Å². The highest BCUT2D eigenvalue weighted by Crippen LogP contribution is 2.05. The van der Waals surface area contributed by atoms with E-state index in [1.165, 1.54) is 6.42 Å². The topological polar surface area (TPSA) is 80.4 Å². The van der Waals surface area contributed by atoms with Gasteiger partial charge in [0, 0.05) is 0 Å². The van der Waals surface area contributed by atoms with E-state index in [0.717, 1.165) is 5.56 Å². The van der Waals surface area contributed by atoms with Crippen molar-refractivity contribution in [3.05, 3.63) is 42.3 Å². The Morgan fingerprint density at radius 3 is 2.47 bits per heavy atom. The zero-order valence-electron chi connectivity index (χ0n) is 8.09. The SMILES string of the molecule is N[C@@H](CC(=O)O)C(=O)[CH]c1ccccc1. The number of aliphatic carboxylic acids is 1. The van der Waals surface area contributed by atoms with Crippen LogP contribution < -0.4 is 5.73 Å². The average Bonchev–Trinajstić information content (AvgIpc) is 2.18. The van der Waals surface area contributed by atoms with Gasteiger partial charge in [-0.05, 0) is 5.56 Å². The third kappa shape index (κ3) is 3.91. The van der Waals surface area contributed by atoms with Gasteiger partial charge in [0.25, 0.3) is 0 Å². The fourth-order valence-corrected chi connectivity index (χ4v) is 1.11. The van der Waals surface area contributed by atoms with Crippen LogP contribution in [0.3, 0.4) is 0 Å². The Kier molecular flexibility index (Phi) is 4.00. The second-order valence-electron chi connectivity index (χ2n) is 3.16. The molecule has 4 heteroatoms. The lowest BCUT2D eigenvalue weighted by atomic mass is 10.0. The third-order valence-electron chi connectivity index (χ3n) is 1.87. The molecule has 1 atom stereocenters. The van der Waals surface area contributed by atoms with Crippen LogP contribution in [0, 0.1) is 6.42 Å². The van der Waals surface area contributed by atoms with Gasteiger partial charge in [0.1, 0.15) is 0 Å². The Labute approximate surface area is 87.7 Å². The molecule has 0 bridgehead atoms. The molecule has 0 aliphatic carbocycles. The van der Waals surface area contributed by atoms with Gasteiger partial charge >= 0.3 is 5.97 Å². The van der Waals surface area contributed by atoms with Crippen molar-refractivity contribution >= 4 is 11.8 Å². The number of carbonyl (C=O) groups excluding carboxylic acids is 1. The van der Waals surface area contributed by atoms with Gasteiger partial charge in [-0.15, -0.1) is 0 Å². The first-order chi connectivity index (χ1) is 7.09. The number of rotatable bonds is 5. The standard InChI is InChI=1S/C11H12NO3/c12-9(7-11(14)15)10(13)6-8-4-2-1-3-5-8/h1-6,9H,7,12H2,(H,14,15)/t9-/m0/s1. The van der Waals surface area contributed by atoms with Crippen LogP contribution in [0.2, 0.25) is 0 Å². The Hall–Kier alpha value is -1.68. The van der Waals surface area contributed by atoms with Gasteiger partial charge in [0.15, 0.2) is 5.78 Å². The average molecular weight is 206 g/mol. The molecule has 1 radical (unpaired) electrons. The Balaban J connectivity index is 2.52. The van der Waals surface area contributed by atoms with Crippen LogP contribution in [0.4, 0.5) is 0 Å². The number of hydrogen-bond acceptors (Lipinski definition) is 3. The van der Waals surface area contributed by atoms with Crippen LogP contribution >= 0.6 is 0 Å². The van der Waals surface area contributed by atoms with Crippen molar-refractivity contribution in [2.24, 2.45) is 5.73 Å². The maximum absolute atomic E-state index is 11.4. The predicted molar refractivity (Wildman–Crippen MR) is 55.1 cm³/mol. The Bertz CT molecular complexity index is 348. The van der Waals surface area contributed by atoms with Crippen molar-refractivity contribution in [2.45, 2.75) is 12.5 Å². The van der Waals surface area contributed by atoms with E-state index in [2.05, 4.69) is 0 Å². The Morgan fingerprint density at radius 2 is 1.93 bits per heavy atom. The maximum atomic E-state index is 11.4. The van der Waals surface area contributed by atoms with Gasteiger partial charge in [-0.3, -0.25) is 9.59 Å². The largest absolute Gasteiger partial charge is 0.481 e. The van der Waals surface area contributed by atoms with Crippen molar-refractivity contribution in [1.82, 2.24) is 0 Å². The molecule has 0 aliphatic rings. The normalized spacial score (nSPS) is 12.1. The van der Waals surface area contributed by atoms with Crippen molar-refractivity contribution in [1.29, 1.82) is 0 Å². The maximum Gasteiger partial charge on any atom is 0.305 e. The number of carboxylic acid groups (broad SMARTS) is 1. The minimum Gasteiger partial charge on any atom is -0.481 e. The van der Waals surface area contributed by atoms with Crippen LogP contribution in [0.1, 0.15) is 12.0 Å². The highest BCUT2D eigenvalue weighted by atomic mass is 16.4. The molecule has 3 N–H and O–H groups in total. The summed E-state index contributed by atoms with van der Waals surface area (Å²) in [5, 5.41) is 8.45. The van der Waals surface area contributed by atoms with E-state index in [1.807, 2.05) is 6.07 Å². The summed E-state index contributed by atoms with van der Waals surface area (Å²) in [5.41, 5.74) is 6.13. The first kappa shape index (κ1) is 11.4. The van der Waals surface area contributed by atoms with Gasteiger partial charge in [-0.1, -0.05) is 30.3 Å². The molecule has 1 rings (SSSR count). The van der Waals surface area contributed by atoms with Crippen molar-refractivity contribution < 1.29 is 14.7 Å². The fraction of sp³-hybridized carbons (Fsp3) is 0.182. The zero-order chi connectivity index (χ0) is 11.3. The quantitative estimate of drug-likeness (QED) is 0.739. The van der Waals surface area contributed by atoms with Crippen molar-refractivity contribution in [3.8, 4) is 0 Å². The summed E-state index contributed by atoms with van der Waals surface area (Å²) >= 11 is 0. The third-order valence-corrected chi connectivity index (χ3v) is 1.87. The molecule has 0 spiro atoms. The number of Topliss-reactive ketones (excluding diaryl/α,β-unsaturated/α-hetero) is 1. The number of carboxylic acids is 1. The van der Waals surface area contributed by atoms with E-state index in [4.69, 9.17) is 10.8 Å². The molecule has 0 fully saturated rings. The minimum absolute atomic E-state index is 0.345. The van der Waals surface area contributed by atoms with E-state index in [1.54, 1.807) is 24.3 Å².